The van der Waals surface area contributed by atoms with E-state index in [1.807, 2.05) is 0 Å². The van der Waals surface area contributed by atoms with Crippen molar-refractivity contribution in [3.05, 3.63) is 47.3 Å². The van der Waals surface area contributed by atoms with Crippen molar-refractivity contribution in [2.75, 3.05) is 12.4 Å². The number of carbonyl (C=O) groups is 1. The van der Waals surface area contributed by atoms with Crippen LogP contribution >= 0.6 is 0 Å². The summed E-state index contributed by atoms with van der Waals surface area (Å²) in [5.74, 6) is -2.59. The van der Waals surface area contributed by atoms with E-state index < -0.39 is 17.6 Å². The van der Waals surface area contributed by atoms with Gasteiger partial charge in [0, 0.05) is 31.4 Å². The number of ether oxygens (including phenoxy) is 1. The van der Waals surface area contributed by atoms with Crippen molar-refractivity contribution in [2.45, 2.75) is 6.54 Å². The van der Waals surface area contributed by atoms with Crippen molar-refractivity contribution in [1.29, 1.82) is 0 Å². The lowest BCUT2D eigenvalue weighted by Gasteiger charge is -2.09. The van der Waals surface area contributed by atoms with Crippen molar-refractivity contribution in [1.82, 2.24) is 9.78 Å². The summed E-state index contributed by atoms with van der Waals surface area (Å²) in [5.41, 5.74) is 0.536. The molecule has 0 saturated heterocycles. The maximum atomic E-state index is 13.6. The number of aromatic nitrogens is 2. The Morgan fingerprint density at radius 3 is 2.75 bits per heavy atom. The number of anilines is 1. The molecule has 0 aliphatic carbocycles. The normalized spacial score (nSPS) is 10.4. The predicted octanol–water partition coefficient (Wildman–Crippen LogP) is 2.10. The van der Waals surface area contributed by atoms with Gasteiger partial charge in [-0.3, -0.25) is 4.68 Å². The zero-order chi connectivity index (χ0) is 14.7. The van der Waals surface area contributed by atoms with E-state index >= 15 is 0 Å². The molecule has 0 radical (unpaired) electrons. The predicted molar refractivity (Wildman–Crippen MR) is 68.2 cm³/mol. The SMILES string of the molecule is COC(=O)c1cc(NCc2cnn(C)c2)c(F)cc1F. The van der Waals surface area contributed by atoms with Crippen molar-refractivity contribution < 1.29 is 18.3 Å². The van der Waals surface area contributed by atoms with Gasteiger partial charge in [-0.1, -0.05) is 0 Å². The summed E-state index contributed by atoms with van der Waals surface area (Å²) >= 11 is 0. The monoisotopic (exact) mass is 281 g/mol. The van der Waals surface area contributed by atoms with Gasteiger partial charge in [-0.15, -0.1) is 0 Å². The Labute approximate surface area is 114 Å². The Morgan fingerprint density at radius 1 is 1.40 bits per heavy atom. The molecule has 5 nitrogen and oxygen atoms in total. The summed E-state index contributed by atoms with van der Waals surface area (Å²) in [5, 5.41) is 6.76. The van der Waals surface area contributed by atoms with Crippen LogP contribution in [0.25, 0.3) is 0 Å². The zero-order valence-electron chi connectivity index (χ0n) is 11.0. The van der Waals surface area contributed by atoms with E-state index in [9.17, 15) is 13.6 Å². The Balaban J connectivity index is 2.20. The van der Waals surface area contributed by atoms with Crippen LogP contribution in [0.2, 0.25) is 0 Å². The number of nitrogens with one attached hydrogen (secondary N) is 1. The number of esters is 1. The van der Waals surface area contributed by atoms with Gasteiger partial charge < -0.3 is 10.1 Å². The molecule has 0 bridgehead atoms. The zero-order valence-corrected chi connectivity index (χ0v) is 11.0. The van der Waals surface area contributed by atoms with Gasteiger partial charge in [-0.25, -0.2) is 13.6 Å². The molecule has 1 aromatic heterocycles. The number of methoxy groups -OCH3 is 1. The van der Waals surface area contributed by atoms with Gasteiger partial charge >= 0.3 is 5.97 Å². The third kappa shape index (κ3) is 2.93. The summed E-state index contributed by atoms with van der Waals surface area (Å²) < 4.78 is 33.1. The van der Waals surface area contributed by atoms with Crippen LogP contribution in [-0.4, -0.2) is 22.9 Å². The number of hydrogen-bond donors (Lipinski definition) is 1. The first kappa shape index (κ1) is 14.0. The van der Waals surface area contributed by atoms with E-state index in [0.717, 1.165) is 18.7 Å². The number of aryl methyl sites for hydroxylation is 1. The molecule has 0 spiro atoms. The molecular formula is C13H13F2N3O2. The molecule has 1 aromatic carbocycles. The first-order valence-electron chi connectivity index (χ1n) is 5.80. The van der Waals surface area contributed by atoms with Gasteiger partial charge in [0.1, 0.15) is 11.6 Å². The molecule has 1 heterocycles. The number of halogens is 2. The highest BCUT2D eigenvalue weighted by Gasteiger charge is 2.16. The molecule has 106 valence electrons. The topological polar surface area (TPSA) is 56.1 Å². The molecule has 0 unspecified atom stereocenters. The second kappa shape index (κ2) is 5.68. The Kier molecular flexibility index (Phi) is 3.97. The lowest BCUT2D eigenvalue weighted by Crippen LogP contribution is -2.08. The molecule has 0 aliphatic heterocycles. The minimum atomic E-state index is -0.957. The van der Waals surface area contributed by atoms with Crippen LogP contribution in [0.3, 0.4) is 0 Å². The van der Waals surface area contributed by atoms with E-state index in [1.54, 1.807) is 24.1 Å². The highest BCUT2D eigenvalue weighted by Crippen LogP contribution is 2.21. The third-order valence-electron chi connectivity index (χ3n) is 2.70. The summed E-state index contributed by atoms with van der Waals surface area (Å²) in [6.07, 6.45) is 3.38. The molecule has 7 heteroatoms. The summed E-state index contributed by atoms with van der Waals surface area (Å²) in [7, 11) is 2.89. The van der Waals surface area contributed by atoms with E-state index in [1.165, 1.54) is 0 Å². The molecular weight excluding hydrogens is 268 g/mol. The quantitative estimate of drug-likeness (QED) is 0.872. The summed E-state index contributed by atoms with van der Waals surface area (Å²) in [6, 6.07) is 1.74. The molecule has 0 saturated carbocycles. The fourth-order valence-electron chi connectivity index (χ4n) is 1.71. The van der Waals surface area contributed by atoms with Crippen molar-refractivity contribution in [3.63, 3.8) is 0 Å². The lowest BCUT2D eigenvalue weighted by atomic mass is 10.1. The molecule has 20 heavy (non-hydrogen) atoms. The maximum Gasteiger partial charge on any atom is 0.340 e. The van der Waals surface area contributed by atoms with Gasteiger partial charge in [0.05, 0.1) is 24.6 Å². The van der Waals surface area contributed by atoms with Crippen LogP contribution in [0.5, 0.6) is 0 Å². The van der Waals surface area contributed by atoms with E-state index in [4.69, 9.17) is 0 Å². The van der Waals surface area contributed by atoms with Crippen LogP contribution in [0.15, 0.2) is 24.5 Å². The Morgan fingerprint density at radius 2 is 2.15 bits per heavy atom. The fraction of sp³-hybridized carbons (Fsp3) is 0.231. The maximum absolute atomic E-state index is 13.6. The molecule has 0 aliphatic rings. The van der Waals surface area contributed by atoms with Crippen molar-refractivity contribution in [2.24, 2.45) is 7.05 Å². The molecule has 0 fully saturated rings. The minimum Gasteiger partial charge on any atom is -0.465 e. The first-order chi connectivity index (χ1) is 9.51. The number of rotatable bonds is 4. The molecule has 0 amide bonds. The highest BCUT2D eigenvalue weighted by atomic mass is 19.1. The standard InChI is InChI=1S/C13H13F2N3O2/c1-18-7-8(6-17-18)5-16-12-3-9(13(19)20-2)10(14)4-11(12)15/h3-4,6-7,16H,5H2,1-2H3. The van der Waals surface area contributed by atoms with E-state index in [-0.39, 0.29) is 11.3 Å². The Hall–Kier alpha value is -2.44. The summed E-state index contributed by atoms with van der Waals surface area (Å²) in [4.78, 5) is 11.3. The third-order valence-corrected chi connectivity index (χ3v) is 2.70. The first-order valence-corrected chi connectivity index (χ1v) is 5.80. The average molecular weight is 281 g/mol. The largest absolute Gasteiger partial charge is 0.465 e. The van der Waals surface area contributed by atoms with Gasteiger partial charge in [-0.2, -0.15) is 5.10 Å². The average Bonchev–Trinajstić information content (AvgIpc) is 2.83. The Bertz CT molecular complexity index is 641. The van der Waals surface area contributed by atoms with Crippen molar-refractivity contribution in [3.8, 4) is 0 Å². The second-order valence-electron chi connectivity index (χ2n) is 4.18. The second-order valence-corrected chi connectivity index (χ2v) is 4.18. The molecule has 1 N–H and O–H groups in total. The minimum absolute atomic E-state index is 0.0238. The van der Waals surface area contributed by atoms with Gasteiger partial charge in [0.15, 0.2) is 0 Å². The molecule has 2 rings (SSSR count). The molecule has 0 atom stereocenters. The van der Waals surface area contributed by atoms with Gasteiger partial charge in [0.2, 0.25) is 0 Å². The number of nitrogens with zero attached hydrogens (tertiary/aromatic N) is 2. The number of carbonyl (C=O) groups excluding carboxylic acids is 1. The van der Waals surface area contributed by atoms with Gasteiger partial charge in [-0.05, 0) is 6.07 Å². The summed E-state index contributed by atoms with van der Waals surface area (Å²) in [6.45, 7) is 0.303. The lowest BCUT2D eigenvalue weighted by molar-refractivity contribution is 0.0595. The molecule has 2 aromatic rings. The fourth-order valence-corrected chi connectivity index (χ4v) is 1.71. The van der Waals surface area contributed by atoms with Crippen LogP contribution in [-0.2, 0) is 18.3 Å². The smallest absolute Gasteiger partial charge is 0.340 e. The van der Waals surface area contributed by atoms with Crippen molar-refractivity contribution >= 4 is 11.7 Å². The van der Waals surface area contributed by atoms with Crippen LogP contribution in [0.1, 0.15) is 15.9 Å². The van der Waals surface area contributed by atoms with Gasteiger partial charge in [0.25, 0.3) is 0 Å². The van der Waals surface area contributed by atoms with Crippen LogP contribution < -0.4 is 5.32 Å². The van der Waals surface area contributed by atoms with Crippen LogP contribution in [0.4, 0.5) is 14.5 Å². The van der Waals surface area contributed by atoms with E-state index in [0.29, 0.717) is 12.6 Å². The highest BCUT2D eigenvalue weighted by molar-refractivity contribution is 5.90. The number of hydrogen-bond acceptors (Lipinski definition) is 4. The van der Waals surface area contributed by atoms with E-state index in [2.05, 4.69) is 15.2 Å². The number of benzene rings is 1. The van der Waals surface area contributed by atoms with Crippen LogP contribution in [0, 0.1) is 11.6 Å².